The Balaban J connectivity index is 2.25. The summed E-state index contributed by atoms with van der Waals surface area (Å²) in [7, 11) is 0. The van der Waals surface area contributed by atoms with Crippen molar-refractivity contribution in [3.63, 3.8) is 0 Å². The maximum absolute atomic E-state index is 13.2. The molecule has 0 aromatic heterocycles. The van der Waals surface area contributed by atoms with Crippen LogP contribution in [0.25, 0.3) is 0 Å². The van der Waals surface area contributed by atoms with E-state index in [9.17, 15) is 9.18 Å². The molecule has 0 saturated carbocycles. The lowest BCUT2D eigenvalue weighted by atomic mass is 10.1. The Morgan fingerprint density at radius 1 is 1.25 bits per heavy atom. The molecule has 1 rings (SSSR count). The molecule has 1 aromatic rings. The van der Waals surface area contributed by atoms with Crippen molar-refractivity contribution in [1.82, 2.24) is 10.6 Å². The molecule has 0 unspecified atom stereocenters. The number of halogens is 1. The molecular weight excluding hydrogens is 207 g/mol. The average Bonchev–Trinajstić information content (AvgIpc) is 2.29. The third-order valence-electron chi connectivity index (χ3n) is 2.17. The molecule has 2 N–H and O–H groups in total. The molecule has 0 atom stereocenters. The van der Waals surface area contributed by atoms with Crippen molar-refractivity contribution in [1.29, 1.82) is 0 Å². The van der Waals surface area contributed by atoms with Crippen LogP contribution >= 0.6 is 0 Å². The van der Waals surface area contributed by atoms with E-state index < -0.39 is 0 Å². The van der Waals surface area contributed by atoms with Crippen molar-refractivity contribution in [2.75, 3.05) is 13.1 Å². The van der Waals surface area contributed by atoms with Gasteiger partial charge in [-0.3, -0.25) is 0 Å². The quantitative estimate of drug-likeness (QED) is 0.790. The fourth-order valence-corrected chi connectivity index (χ4v) is 1.31. The summed E-state index contributed by atoms with van der Waals surface area (Å²) in [4.78, 5) is 11.2. The summed E-state index contributed by atoms with van der Waals surface area (Å²) in [6, 6.07) is 6.39. The molecule has 0 heterocycles. The van der Waals surface area contributed by atoms with Gasteiger partial charge in [-0.15, -0.1) is 0 Å². The van der Waals surface area contributed by atoms with Crippen LogP contribution in [-0.4, -0.2) is 19.1 Å². The summed E-state index contributed by atoms with van der Waals surface area (Å²) in [6.45, 7) is 3.08. The molecule has 4 heteroatoms. The lowest BCUT2D eigenvalue weighted by molar-refractivity contribution is 0.241. The average molecular weight is 224 g/mol. The van der Waals surface area contributed by atoms with Crippen molar-refractivity contribution in [3.05, 3.63) is 35.6 Å². The fourth-order valence-electron chi connectivity index (χ4n) is 1.31. The first-order valence-corrected chi connectivity index (χ1v) is 5.49. The van der Waals surface area contributed by atoms with Gasteiger partial charge in [-0.25, -0.2) is 9.18 Å². The van der Waals surface area contributed by atoms with Gasteiger partial charge in [0.05, 0.1) is 0 Å². The monoisotopic (exact) mass is 224 g/mol. The first-order chi connectivity index (χ1) is 7.74. The Hall–Kier alpha value is -1.58. The molecule has 0 aliphatic carbocycles. The van der Waals surface area contributed by atoms with Crippen LogP contribution in [0.4, 0.5) is 9.18 Å². The first-order valence-electron chi connectivity index (χ1n) is 5.49. The van der Waals surface area contributed by atoms with Gasteiger partial charge in [0.1, 0.15) is 5.82 Å². The summed E-state index contributed by atoms with van der Waals surface area (Å²) < 4.78 is 13.2. The van der Waals surface area contributed by atoms with E-state index in [-0.39, 0.29) is 11.8 Å². The molecule has 1 aromatic carbocycles. The van der Waals surface area contributed by atoms with E-state index in [4.69, 9.17) is 0 Å². The van der Waals surface area contributed by atoms with Crippen LogP contribution in [0.3, 0.4) is 0 Å². The van der Waals surface area contributed by atoms with Crippen LogP contribution in [0.1, 0.15) is 18.9 Å². The van der Waals surface area contributed by atoms with Gasteiger partial charge in [0.25, 0.3) is 0 Å². The van der Waals surface area contributed by atoms with Crippen LogP contribution in [0.2, 0.25) is 0 Å². The van der Waals surface area contributed by atoms with E-state index in [1.165, 1.54) is 6.07 Å². The van der Waals surface area contributed by atoms with Crippen molar-refractivity contribution in [2.24, 2.45) is 0 Å². The maximum atomic E-state index is 13.2. The molecule has 16 heavy (non-hydrogen) atoms. The smallest absolute Gasteiger partial charge is 0.314 e. The first kappa shape index (κ1) is 12.5. The van der Waals surface area contributed by atoms with Crippen molar-refractivity contribution >= 4 is 6.03 Å². The minimum atomic E-state index is -0.224. The molecule has 0 spiro atoms. The van der Waals surface area contributed by atoms with Gasteiger partial charge < -0.3 is 10.6 Å². The number of carbonyl (C=O) groups is 1. The lowest BCUT2D eigenvalue weighted by Gasteiger charge is -2.06. The Morgan fingerprint density at radius 3 is 2.62 bits per heavy atom. The van der Waals surface area contributed by atoms with E-state index in [0.717, 1.165) is 6.42 Å². The number of rotatable bonds is 5. The zero-order chi connectivity index (χ0) is 11.8. The Kier molecular flexibility index (Phi) is 5.32. The standard InChI is InChI=1S/C12H17FN2O/c1-2-8-14-12(16)15-9-7-10-5-3-4-6-11(10)13/h3-6H,2,7-9H2,1H3,(H2,14,15,16). The molecular formula is C12H17FN2O. The Morgan fingerprint density at radius 2 is 1.94 bits per heavy atom. The van der Waals surface area contributed by atoms with E-state index in [1.807, 2.05) is 6.92 Å². The van der Waals surface area contributed by atoms with Crippen LogP contribution in [0.5, 0.6) is 0 Å². The largest absolute Gasteiger partial charge is 0.338 e. The predicted octanol–water partition coefficient (Wildman–Crippen LogP) is 2.08. The van der Waals surface area contributed by atoms with Crippen LogP contribution < -0.4 is 10.6 Å². The third-order valence-corrected chi connectivity index (χ3v) is 2.17. The zero-order valence-electron chi connectivity index (χ0n) is 9.42. The summed E-state index contributed by atoms with van der Waals surface area (Å²) in [5, 5.41) is 5.37. The van der Waals surface area contributed by atoms with Crippen LogP contribution in [0.15, 0.2) is 24.3 Å². The summed E-state index contributed by atoms with van der Waals surface area (Å²) >= 11 is 0. The van der Waals surface area contributed by atoms with Crippen molar-refractivity contribution < 1.29 is 9.18 Å². The van der Waals surface area contributed by atoms with Gasteiger partial charge in [0.2, 0.25) is 0 Å². The number of hydrogen-bond acceptors (Lipinski definition) is 1. The van der Waals surface area contributed by atoms with Gasteiger partial charge in [0, 0.05) is 13.1 Å². The van der Waals surface area contributed by atoms with E-state index in [2.05, 4.69) is 10.6 Å². The van der Waals surface area contributed by atoms with Gasteiger partial charge in [-0.2, -0.15) is 0 Å². The van der Waals surface area contributed by atoms with E-state index in [1.54, 1.807) is 18.2 Å². The molecule has 0 aliphatic heterocycles. The highest BCUT2D eigenvalue weighted by Gasteiger charge is 2.01. The zero-order valence-corrected chi connectivity index (χ0v) is 9.42. The lowest BCUT2D eigenvalue weighted by Crippen LogP contribution is -2.36. The van der Waals surface area contributed by atoms with Crippen molar-refractivity contribution in [2.45, 2.75) is 19.8 Å². The number of amides is 2. The fraction of sp³-hybridized carbons (Fsp3) is 0.417. The molecule has 0 fully saturated rings. The number of hydrogen-bond donors (Lipinski definition) is 2. The normalized spacial score (nSPS) is 9.88. The summed E-state index contributed by atoms with van der Waals surface area (Å²) in [5.41, 5.74) is 0.623. The highest BCUT2D eigenvalue weighted by molar-refractivity contribution is 5.73. The van der Waals surface area contributed by atoms with Gasteiger partial charge in [-0.1, -0.05) is 25.1 Å². The third kappa shape index (κ3) is 4.29. The minimum Gasteiger partial charge on any atom is -0.338 e. The number of carbonyl (C=O) groups excluding carboxylic acids is 1. The minimum absolute atomic E-state index is 0.196. The van der Waals surface area contributed by atoms with Crippen LogP contribution in [-0.2, 0) is 6.42 Å². The molecule has 0 radical (unpaired) electrons. The molecule has 0 saturated heterocycles. The Bertz CT molecular complexity index is 342. The molecule has 3 nitrogen and oxygen atoms in total. The highest BCUT2D eigenvalue weighted by Crippen LogP contribution is 2.05. The second-order valence-electron chi connectivity index (χ2n) is 3.52. The second kappa shape index (κ2) is 6.82. The molecule has 2 amide bonds. The number of urea groups is 1. The number of nitrogens with one attached hydrogen (secondary N) is 2. The van der Waals surface area contributed by atoms with Gasteiger partial charge >= 0.3 is 6.03 Å². The highest BCUT2D eigenvalue weighted by atomic mass is 19.1. The van der Waals surface area contributed by atoms with E-state index >= 15 is 0 Å². The van der Waals surface area contributed by atoms with Gasteiger partial charge in [0.15, 0.2) is 0 Å². The molecule has 88 valence electrons. The van der Waals surface area contributed by atoms with Crippen molar-refractivity contribution in [3.8, 4) is 0 Å². The second-order valence-corrected chi connectivity index (χ2v) is 3.52. The van der Waals surface area contributed by atoms with Gasteiger partial charge in [-0.05, 0) is 24.5 Å². The predicted molar refractivity (Wildman–Crippen MR) is 61.8 cm³/mol. The SMILES string of the molecule is CCCNC(=O)NCCc1ccccc1F. The maximum Gasteiger partial charge on any atom is 0.314 e. The molecule has 0 bridgehead atoms. The summed E-state index contributed by atoms with van der Waals surface area (Å²) in [5.74, 6) is -0.224. The Labute approximate surface area is 95.0 Å². The molecule has 0 aliphatic rings. The summed E-state index contributed by atoms with van der Waals surface area (Å²) in [6.07, 6.45) is 1.41. The van der Waals surface area contributed by atoms with E-state index in [0.29, 0.717) is 25.1 Å². The number of benzene rings is 1. The topological polar surface area (TPSA) is 41.1 Å². The van der Waals surface area contributed by atoms with Crippen LogP contribution in [0, 0.1) is 5.82 Å².